The number of phenols is 1. The van der Waals surface area contributed by atoms with E-state index in [1.165, 1.54) is 20.3 Å². The first-order valence-corrected chi connectivity index (χ1v) is 8.89. The molecular weight excluding hydrogens is 384 g/mol. The van der Waals surface area contributed by atoms with Crippen LogP contribution in [0.4, 0.5) is 5.69 Å². The van der Waals surface area contributed by atoms with Gasteiger partial charge < -0.3 is 19.9 Å². The quantitative estimate of drug-likeness (QED) is 0.333. The third-order valence-electron chi connectivity index (χ3n) is 5.35. The summed E-state index contributed by atoms with van der Waals surface area (Å²) < 4.78 is 9.78. The van der Waals surface area contributed by atoms with Gasteiger partial charge in [-0.3, -0.25) is 24.5 Å². The van der Waals surface area contributed by atoms with Crippen LogP contribution in [0.2, 0.25) is 0 Å². The van der Waals surface area contributed by atoms with Gasteiger partial charge in [-0.15, -0.1) is 0 Å². The van der Waals surface area contributed by atoms with Crippen molar-refractivity contribution < 1.29 is 33.9 Å². The number of hydrogen-bond acceptors (Lipinski definition) is 8. The zero-order chi connectivity index (χ0) is 21.5. The molecule has 0 fully saturated rings. The van der Waals surface area contributed by atoms with E-state index in [2.05, 4.69) is 5.32 Å². The lowest BCUT2D eigenvalue weighted by Gasteiger charge is -2.36. The number of allylic oxidation sites excluding steroid dienone is 2. The van der Waals surface area contributed by atoms with Gasteiger partial charge in [-0.2, -0.15) is 0 Å². The molecule has 0 saturated heterocycles. The second kappa shape index (κ2) is 7.53. The topological polar surface area (TPSA) is 145 Å². The van der Waals surface area contributed by atoms with Gasteiger partial charge in [-0.1, -0.05) is 6.92 Å². The predicted octanol–water partition coefficient (Wildman–Crippen LogP) is 1.56. The summed E-state index contributed by atoms with van der Waals surface area (Å²) in [5, 5.41) is 24.0. The van der Waals surface area contributed by atoms with Crippen molar-refractivity contribution in [1.29, 1.82) is 0 Å². The molecule has 10 heteroatoms. The normalized spacial score (nSPS) is 23.9. The molecule has 10 nitrogen and oxygen atoms in total. The van der Waals surface area contributed by atoms with E-state index in [1.54, 1.807) is 6.92 Å². The van der Waals surface area contributed by atoms with Gasteiger partial charge in [-0.25, -0.2) is 0 Å². The first-order valence-electron chi connectivity index (χ1n) is 8.89. The van der Waals surface area contributed by atoms with Crippen LogP contribution in [-0.2, 0) is 19.1 Å². The highest BCUT2D eigenvalue weighted by atomic mass is 16.6. The number of nitro benzene ring substituents is 1. The third kappa shape index (κ3) is 3.41. The minimum atomic E-state index is -1.02. The van der Waals surface area contributed by atoms with E-state index in [0.29, 0.717) is 5.70 Å². The number of nitrogens with zero attached hydrogens (tertiary/aromatic N) is 1. The standard InChI is InChI=1S/C19H20N2O8/c1-8-4-11-16(18(24)15(8)19(25)29-3)10(7-14(22)20-11)9-5-12(21(26)27)17(23)13(6-9)28-2/h5-6,8,10,15,23H,4,7H2,1-3H3,(H,20,22)/t8-,10-,15+/m0/s1. The Bertz CT molecular complexity index is 952. The molecule has 1 aromatic carbocycles. The van der Waals surface area contributed by atoms with Crippen LogP contribution >= 0.6 is 0 Å². The van der Waals surface area contributed by atoms with E-state index in [9.17, 15) is 29.6 Å². The Morgan fingerprint density at radius 3 is 2.55 bits per heavy atom. The number of amides is 1. The summed E-state index contributed by atoms with van der Waals surface area (Å²) in [5.74, 6) is -4.51. The maximum Gasteiger partial charge on any atom is 0.316 e. The van der Waals surface area contributed by atoms with Gasteiger partial charge in [-0.05, 0) is 24.0 Å². The van der Waals surface area contributed by atoms with Gasteiger partial charge in [0.25, 0.3) is 0 Å². The van der Waals surface area contributed by atoms with E-state index in [4.69, 9.17) is 9.47 Å². The minimum absolute atomic E-state index is 0.141. The number of aromatic hydroxyl groups is 1. The number of benzene rings is 1. The summed E-state index contributed by atoms with van der Waals surface area (Å²) in [6, 6.07) is 2.47. The van der Waals surface area contributed by atoms with Crippen molar-refractivity contribution in [1.82, 2.24) is 5.32 Å². The molecule has 2 aliphatic rings. The number of carbonyl (C=O) groups excluding carboxylic acids is 3. The van der Waals surface area contributed by atoms with E-state index in [-0.39, 0.29) is 41.6 Å². The molecule has 1 heterocycles. The zero-order valence-electron chi connectivity index (χ0n) is 16.1. The summed E-state index contributed by atoms with van der Waals surface area (Å²) in [6.45, 7) is 1.72. The molecule has 3 rings (SSSR count). The number of nitro groups is 1. The van der Waals surface area contributed by atoms with E-state index >= 15 is 0 Å². The fraction of sp³-hybridized carbons (Fsp3) is 0.421. The van der Waals surface area contributed by atoms with Gasteiger partial charge in [0.15, 0.2) is 11.5 Å². The maximum atomic E-state index is 13.2. The van der Waals surface area contributed by atoms with Crippen molar-refractivity contribution in [2.45, 2.75) is 25.7 Å². The van der Waals surface area contributed by atoms with Crippen LogP contribution in [0.25, 0.3) is 0 Å². The lowest BCUT2D eigenvalue weighted by molar-refractivity contribution is -0.386. The van der Waals surface area contributed by atoms with Crippen molar-refractivity contribution in [2.24, 2.45) is 11.8 Å². The van der Waals surface area contributed by atoms with Gasteiger partial charge in [0.2, 0.25) is 11.7 Å². The number of carbonyl (C=O) groups is 3. The highest BCUT2D eigenvalue weighted by molar-refractivity contribution is 6.11. The number of methoxy groups -OCH3 is 2. The molecule has 3 atom stereocenters. The molecule has 0 aromatic heterocycles. The molecular formula is C19H20N2O8. The van der Waals surface area contributed by atoms with Crippen molar-refractivity contribution >= 4 is 23.3 Å². The van der Waals surface area contributed by atoms with E-state index in [0.717, 1.165) is 6.07 Å². The minimum Gasteiger partial charge on any atom is -0.500 e. The molecule has 1 aliphatic carbocycles. The Balaban J connectivity index is 2.17. The molecule has 0 radical (unpaired) electrons. The Morgan fingerprint density at radius 2 is 1.97 bits per heavy atom. The smallest absolute Gasteiger partial charge is 0.316 e. The van der Waals surface area contributed by atoms with Gasteiger partial charge in [0.05, 0.1) is 19.1 Å². The Labute approximate surface area is 165 Å². The summed E-state index contributed by atoms with van der Waals surface area (Å²) >= 11 is 0. The van der Waals surface area contributed by atoms with Crippen LogP contribution in [0, 0.1) is 22.0 Å². The molecule has 29 heavy (non-hydrogen) atoms. The van der Waals surface area contributed by atoms with Gasteiger partial charge in [0, 0.05) is 29.7 Å². The zero-order valence-corrected chi connectivity index (χ0v) is 16.1. The number of rotatable bonds is 4. The second-order valence-corrected chi connectivity index (χ2v) is 7.09. The molecule has 1 aliphatic heterocycles. The molecule has 0 spiro atoms. The van der Waals surface area contributed by atoms with Crippen molar-refractivity contribution in [3.63, 3.8) is 0 Å². The van der Waals surface area contributed by atoms with E-state index in [1.807, 2.05) is 0 Å². The molecule has 0 unspecified atom stereocenters. The van der Waals surface area contributed by atoms with Crippen LogP contribution in [0.1, 0.15) is 31.2 Å². The fourth-order valence-corrected chi connectivity index (χ4v) is 3.99. The highest BCUT2D eigenvalue weighted by Crippen LogP contribution is 2.46. The molecule has 154 valence electrons. The first-order chi connectivity index (χ1) is 13.7. The van der Waals surface area contributed by atoms with Crippen molar-refractivity contribution in [3.05, 3.63) is 39.1 Å². The van der Waals surface area contributed by atoms with Crippen molar-refractivity contribution in [3.8, 4) is 11.5 Å². The largest absolute Gasteiger partial charge is 0.500 e. The number of hydrogen-bond donors (Lipinski definition) is 2. The maximum absolute atomic E-state index is 13.2. The SMILES string of the molecule is COC(=O)[C@H]1C(=O)C2=C(C[C@@H]1C)NC(=O)C[C@H]2c1cc(OC)c(O)c([N+](=O)[O-])c1. The van der Waals surface area contributed by atoms with Crippen LogP contribution in [0.3, 0.4) is 0 Å². The van der Waals surface area contributed by atoms with Crippen molar-refractivity contribution in [2.75, 3.05) is 14.2 Å². The molecule has 0 saturated carbocycles. The molecule has 0 bridgehead atoms. The van der Waals surface area contributed by atoms with Crippen LogP contribution in [0.5, 0.6) is 11.5 Å². The Hall–Kier alpha value is -3.43. The lowest BCUT2D eigenvalue weighted by Crippen LogP contribution is -2.44. The molecule has 2 N–H and O–H groups in total. The van der Waals surface area contributed by atoms with Gasteiger partial charge in [0.1, 0.15) is 5.92 Å². The third-order valence-corrected chi connectivity index (χ3v) is 5.35. The van der Waals surface area contributed by atoms with Crippen LogP contribution < -0.4 is 10.1 Å². The fourth-order valence-electron chi connectivity index (χ4n) is 3.99. The van der Waals surface area contributed by atoms with Gasteiger partial charge >= 0.3 is 11.7 Å². The number of ketones is 1. The average Bonchev–Trinajstić information content (AvgIpc) is 2.66. The number of Topliss-reactive ketones (excluding diaryl/α,β-unsaturated/α-hetero) is 1. The monoisotopic (exact) mass is 404 g/mol. The number of nitrogens with one attached hydrogen (secondary N) is 1. The summed E-state index contributed by atoms with van der Waals surface area (Å²) in [7, 11) is 2.43. The predicted molar refractivity (Wildman–Crippen MR) is 98.1 cm³/mol. The Morgan fingerprint density at radius 1 is 1.28 bits per heavy atom. The number of esters is 1. The highest BCUT2D eigenvalue weighted by Gasteiger charge is 2.46. The Kier molecular flexibility index (Phi) is 5.27. The number of phenolic OH excluding ortho intramolecular Hbond substituents is 1. The summed E-state index contributed by atoms with van der Waals surface area (Å²) in [4.78, 5) is 48.2. The summed E-state index contributed by atoms with van der Waals surface area (Å²) in [5.41, 5.74) is 0.285. The average molecular weight is 404 g/mol. The lowest BCUT2D eigenvalue weighted by atomic mass is 9.70. The molecule has 1 aromatic rings. The molecule has 1 amide bonds. The second-order valence-electron chi connectivity index (χ2n) is 7.09. The van der Waals surface area contributed by atoms with Crippen LogP contribution in [-0.4, -0.2) is 41.9 Å². The van der Waals surface area contributed by atoms with Crippen LogP contribution in [0.15, 0.2) is 23.4 Å². The van der Waals surface area contributed by atoms with E-state index < -0.39 is 39.9 Å². The number of ether oxygens (including phenoxy) is 2. The summed E-state index contributed by atoms with van der Waals surface area (Å²) in [6.07, 6.45) is 0.137. The first kappa shape index (κ1) is 20.3.